The largest absolute Gasteiger partial charge is 0.459 e. The summed E-state index contributed by atoms with van der Waals surface area (Å²) < 4.78 is 12.0. The van der Waals surface area contributed by atoms with Crippen LogP contribution in [0.25, 0.3) is 11.1 Å². The molecule has 4 atom stereocenters. The Morgan fingerprint density at radius 3 is 1.52 bits per heavy atom. The third-order valence-corrected chi connectivity index (χ3v) is 9.48. The first kappa shape index (κ1) is 32.2. The van der Waals surface area contributed by atoms with Crippen molar-refractivity contribution in [2.24, 2.45) is 17.8 Å². The number of benzene rings is 2. The molecule has 2 fully saturated rings. The molecule has 0 aromatic heterocycles. The number of nitrogens with one attached hydrogen (secondary N) is 2. The molecule has 0 saturated carbocycles. The second kappa shape index (κ2) is 12.9. The van der Waals surface area contributed by atoms with Crippen LogP contribution in [0.5, 0.6) is 0 Å². The molecule has 0 spiro atoms. The van der Waals surface area contributed by atoms with E-state index in [0.717, 1.165) is 36.8 Å². The monoisotopic (exact) mass is 576 g/mol. The van der Waals surface area contributed by atoms with Gasteiger partial charge in [-0.25, -0.2) is 9.59 Å². The lowest BCUT2D eigenvalue weighted by Crippen LogP contribution is -2.63. The topological polar surface area (TPSA) is 76.7 Å². The quantitative estimate of drug-likeness (QED) is 0.319. The highest BCUT2D eigenvalue weighted by Crippen LogP contribution is 2.35. The summed E-state index contributed by atoms with van der Waals surface area (Å²) >= 11 is 0. The fraction of sp³-hybridized carbons (Fsp3) is 0.611. The van der Waals surface area contributed by atoms with E-state index in [2.05, 4.69) is 72.9 Å². The smallest absolute Gasteiger partial charge is 0.338 e. The third kappa shape index (κ3) is 7.82. The fourth-order valence-corrected chi connectivity index (χ4v) is 6.59. The minimum atomic E-state index is -0.286. The van der Waals surface area contributed by atoms with Crippen molar-refractivity contribution in [3.8, 4) is 11.1 Å². The Bertz CT molecular complexity index is 1200. The van der Waals surface area contributed by atoms with E-state index in [1.807, 2.05) is 48.5 Å². The number of carbonyl (C=O) groups excluding carboxylic acids is 2. The molecule has 0 amide bonds. The van der Waals surface area contributed by atoms with Crippen molar-refractivity contribution < 1.29 is 19.1 Å². The summed E-state index contributed by atoms with van der Waals surface area (Å²) in [7, 11) is 0. The van der Waals surface area contributed by atoms with Crippen LogP contribution in [0.1, 0.15) is 109 Å². The van der Waals surface area contributed by atoms with Gasteiger partial charge in [0.15, 0.2) is 0 Å². The second-order valence-corrected chi connectivity index (χ2v) is 14.5. The van der Waals surface area contributed by atoms with Crippen LogP contribution in [0.2, 0.25) is 0 Å². The number of esters is 2. The van der Waals surface area contributed by atoms with Gasteiger partial charge in [0.25, 0.3) is 0 Å². The highest BCUT2D eigenvalue weighted by Gasteiger charge is 2.43. The average Bonchev–Trinajstić information content (AvgIpc) is 2.91. The van der Waals surface area contributed by atoms with Gasteiger partial charge in [0.1, 0.15) is 12.2 Å². The Labute approximate surface area is 253 Å². The van der Waals surface area contributed by atoms with Crippen molar-refractivity contribution in [2.75, 3.05) is 0 Å². The summed E-state index contributed by atoms with van der Waals surface area (Å²) in [4.78, 5) is 26.1. The first-order valence-electron chi connectivity index (χ1n) is 15.8. The van der Waals surface area contributed by atoms with E-state index in [1.165, 1.54) is 0 Å². The Balaban J connectivity index is 1.37. The van der Waals surface area contributed by atoms with E-state index < -0.39 is 0 Å². The van der Waals surface area contributed by atoms with Gasteiger partial charge in [-0.2, -0.15) is 0 Å². The van der Waals surface area contributed by atoms with Gasteiger partial charge < -0.3 is 20.1 Å². The van der Waals surface area contributed by atoms with E-state index in [9.17, 15) is 9.59 Å². The Kier molecular flexibility index (Phi) is 9.89. The predicted molar refractivity (Wildman–Crippen MR) is 170 cm³/mol. The van der Waals surface area contributed by atoms with Gasteiger partial charge in [-0.3, -0.25) is 0 Å². The van der Waals surface area contributed by atoms with Gasteiger partial charge in [0, 0.05) is 48.8 Å². The molecule has 0 bridgehead atoms. The van der Waals surface area contributed by atoms with E-state index in [-0.39, 0.29) is 35.2 Å². The van der Waals surface area contributed by atoms with Crippen molar-refractivity contribution in [1.82, 2.24) is 10.6 Å². The molecule has 2 heterocycles. The van der Waals surface area contributed by atoms with Crippen LogP contribution in [0.4, 0.5) is 0 Å². The molecule has 6 nitrogen and oxygen atoms in total. The van der Waals surface area contributed by atoms with Crippen LogP contribution in [0, 0.1) is 17.8 Å². The Hall–Kier alpha value is -2.70. The molecule has 6 heteroatoms. The molecule has 0 radical (unpaired) electrons. The molecule has 2 aromatic carbocycles. The maximum Gasteiger partial charge on any atom is 0.338 e. The summed E-state index contributed by atoms with van der Waals surface area (Å²) in [5.74, 6) is 0.831. The van der Waals surface area contributed by atoms with E-state index in [0.29, 0.717) is 41.0 Å². The molecular formula is C36H52N2O4. The third-order valence-electron chi connectivity index (χ3n) is 9.48. The maximum atomic E-state index is 13.1. The molecule has 4 unspecified atom stereocenters. The van der Waals surface area contributed by atoms with Crippen molar-refractivity contribution >= 4 is 11.9 Å². The van der Waals surface area contributed by atoms with Gasteiger partial charge in [-0.15, -0.1) is 0 Å². The lowest BCUT2D eigenvalue weighted by Gasteiger charge is -2.49. The molecule has 2 N–H and O–H groups in total. The number of hydrogen-bond donors (Lipinski definition) is 2. The second-order valence-electron chi connectivity index (χ2n) is 14.5. The van der Waals surface area contributed by atoms with Crippen LogP contribution in [0.15, 0.2) is 48.5 Å². The molecule has 2 aliphatic heterocycles. The summed E-state index contributed by atoms with van der Waals surface area (Å²) in [6, 6.07) is 15.7. The van der Waals surface area contributed by atoms with Crippen LogP contribution in [-0.4, -0.2) is 47.3 Å². The predicted octanol–water partition coefficient (Wildman–Crippen LogP) is 7.41. The van der Waals surface area contributed by atoms with Gasteiger partial charge in [-0.1, -0.05) is 65.8 Å². The normalized spacial score (nSPS) is 27.7. The highest BCUT2D eigenvalue weighted by atomic mass is 16.5. The summed E-state index contributed by atoms with van der Waals surface area (Å²) in [6.45, 7) is 19.8. The van der Waals surface area contributed by atoms with E-state index >= 15 is 0 Å². The van der Waals surface area contributed by atoms with E-state index in [1.54, 1.807) is 0 Å². The zero-order valence-electron chi connectivity index (χ0n) is 27.1. The number of piperidine rings is 2. The lowest BCUT2D eigenvalue weighted by atomic mass is 9.74. The minimum Gasteiger partial charge on any atom is -0.459 e. The van der Waals surface area contributed by atoms with Crippen molar-refractivity contribution in [3.05, 3.63) is 59.7 Å². The molecule has 2 aliphatic rings. The number of hydrogen-bond acceptors (Lipinski definition) is 6. The van der Waals surface area contributed by atoms with E-state index in [4.69, 9.17) is 9.47 Å². The maximum absolute atomic E-state index is 13.1. The molecule has 4 rings (SSSR count). The first-order valence-corrected chi connectivity index (χ1v) is 15.8. The zero-order chi connectivity index (χ0) is 30.8. The number of ether oxygens (including phenoxy) is 2. The zero-order valence-corrected chi connectivity index (χ0v) is 27.1. The number of rotatable bonds is 8. The molecule has 2 saturated heterocycles. The van der Waals surface area contributed by atoms with Gasteiger partial charge in [0.05, 0.1) is 11.1 Å². The molecule has 0 aliphatic carbocycles. The van der Waals surface area contributed by atoms with Crippen LogP contribution in [0.3, 0.4) is 0 Å². The van der Waals surface area contributed by atoms with Crippen LogP contribution in [-0.2, 0) is 9.47 Å². The summed E-state index contributed by atoms with van der Waals surface area (Å²) in [6.07, 6.45) is 3.03. The highest BCUT2D eigenvalue weighted by molar-refractivity contribution is 5.91. The summed E-state index contributed by atoms with van der Waals surface area (Å²) in [5, 5.41) is 7.50. The van der Waals surface area contributed by atoms with Gasteiger partial charge in [-0.05, 0) is 73.9 Å². The molecule has 2 aromatic rings. The summed E-state index contributed by atoms with van der Waals surface area (Å²) in [5.41, 5.74) is 2.85. The molecule has 230 valence electrons. The van der Waals surface area contributed by atoms with Crippen molar-refractivity contribution in [2.45, 2.75) is 123 Å². The minimum absolute atomic E-state index is 0.0828. The number of carbonyl (C=O) groups is 2. The Morgan fingerprint density at radius 2 is 1.12 bits per heavy atom. The van der Waals surface area contributed by atoms with Gasteiger partial charge in [0.2, 0.25) is 0 Å². The van der Waals surface area contributed by atoms with Crippen molar-refractivity contribution in [3.63, 3.8) is 0 Å². The fourth-order valence-electron chi connectivity index (χ4n) is 6.59. The molecular weight excluding hydrogens is 524 g/mol. The average molecular weight is 577 g/mol. The first-order chi connectivity index (χ1) is 19.7. The standard InChI is InChI=1S/C36H52N2O4/c1-22(2)31-18-29(19-32(37-31)23(3)4)41-33(39)27-14-10-25(11-15-27)26-12-16-28(17-13-26)34(40)42-30-20-35(7,8)38-36(9,21-30)24(5)6/h10-17,22-24,29-32,37-38H,18-21H2,1-9H3. The Morgan fingerprint density at radius 1 is 0.690 bits per heavy atom. The molecule has 42 heavy (non-hydrogen) atoms. The SMILES string of the molecule is CC(C)C1CC(OC(=O)c2ccc(-c3ccc(C(=O)OC4CC(C)(C)NC(C)(C(C)C)C4)cc3)cc2)CC(C(C)C)N1. The lowest BCUT2D eigenvalue weighted by molar-refractivity contribution is -0.0185. The van der Waals surface area contributed by atoms with Gasteiger partial charge >= 0.3 is 11.9 Å². The van der Waals surface area contributed by atoms with Crippen LogP contribution < -0.4 is 10.6 Å². The van der Waals surface area contributed by atoms with Crippen LogP contribution >= 0.6 is 0 Å². The van der Waals surface area contributed by atoms with Crippen molar-refractivity contribution in [1.29, 1.82) is 0 Å².